The van der Waals surface area contributed by atoms with E-state index < -0.39 is 5.66 Å². The molecule has 0 aromatic heterocycles. The van der Waals surface area contributed by atoms with Gasteiger partial charge in [0.05, 0.1) is 12.1 Å². The van der Waals surface area contributed by atoms with Gasteiger partial charge in [0.2, 0.25) is 11.8 Å². The molecule has 1 atom stereocenters. The van der Waals surface area contributed by atoms with Gasteiger partial charge in [-0.1, -0.05) is 11.6 Å². The summed E-state index contributed by atoms with van der Waals surface area (Å²) in [6, 6.07) is 5.16. The largest absolute Gasteiger partial charge is 0.362 e. The summed E-state index contributed by atoms with van der Waals surface area (Å²) < 4.78 is 0. The van der Waals surface area contributed by atoms with E-state index in [2.05, 4.69) is 15.5 Å². The Bertz CT molecular complexity index is 839. The third-order valence-corrected chi connectivity index (χ3v) is 6.30. The first-order chi connectivity index (χ1) is 13.8. The van der Waals surface area contributed by atoms with Crippen LogP contribution in [0, 0.1) is 0 Å². The second-order valence-electron chi connectivity index (χ2n) is 8.10. The van der Waals surface area contributed by atoms with Crippen LogP contribution < -0.4 is 10.6 Å². The molecular formula is C20H26ClN5O3. The van der Waals surface area contributed by atoms with Crippen molar-refractivity contribution in [3.05, 3.63) is 28.8 Å². The Morgan fingerprint density at radius 3 is 2.62 bits per heavy atom. The quantitative estimate of drug-likeness (QED) is 0.746. The van der Waals surface area contributed by atoms with Gasteiger partial charge in [-0.05, 0) is 31.7 Å². The minimum atomic E-state index is -0.695. The van der Waals surface area contributed by atoms with E-state index in [4.69, 9.17) is 11.6 Å². The van der Waals surface area contributed by atoms with Crippen molar-refractivity contribution in [1.82, 2.24) is 20.0 Å². The number of benzene rings is 1. The molecule has 2 fully saturated rings. The number of amides is 3. The summed E-state index contributed by atoms with van der Waals surface area (Å²) >= 11 is 6.01. The number of anilines is 1. The first-order valence-electron chi connectivity index (χ1n) is 10.00. The van der Waals surface area contributed by atoms with Gasteiger partial charge in [0, 0.05) is 56.3 Å². The van der Waals surface area contributed by atoms with E-state index in [1.54, 1.807) is 23.1 Å². The lowest BCUT2D eigenvalue weighted by atomic mass is 9.95. The molecule has 1 aromatic carbocycles. The van der Waals surface area contributed by atoms with Crippen molar-refractivity contribution in [2.45, 2.75) is 24.9 Å². The predicted octanol–water partition coefficient (Wildman–Crippen LogP) is 0.978. The Kier molecular flexibility index (Phi) is 5.40. The lowest BCUT2D eigenvalue weighted by Gasteiger charge is -2.40. The number of piperazine rings is 1. The average molecular weight is 420 g/mol. The molecule has 1 spiro atoms. The first-order valence-corrected chi connectivity index (χ1v) is 10.4. The second kappa shape index (κ2) is 7.84. The molecule has 0 saturated carbocycles. The van der Waals surface area contributed by atoms with Crippen LogP contribution in [-0.2, 0) is 9.59 Å². The Balaban J connectivity index is 1.43. The summed E-state index contributed by atoms with van der Waals surface area (Å²) in [7, 11) is 2.04. The van der Waals surface area contributed by atoms with Crippen LogP contribution in [0.15, 0.2) is 18.2 Å². The third-order valence-electron chi connectivity index (χ3n) is 6.06. The molecule has 0 bridgehead atoms. The van der Waals surface area contributed by atoms with Crippen LogP contribution in [0.1, 0.15) is 29.6 Å². The maximum absolute atomic E-state index is 12.7. The van der Waals surface area contributed by atoms with Gasteiger partial charge in [-0.15, -0.1) is 0 Å². The molecule has 3 aliphatic rings. The molecule has 0 aliphatic carbocycles. The maximum atomic E-state index is 12.7. The molecule has 4 rings (SSSR count). The molecule has 29 heavy (non-hydrogen) atoms. The van der Waals surface area contributed by atoms with E-state index in [0.717, 1.165) is 13.1 Å². The third kappa shape index (κ3) is 4.18. The van der Waals surface area contributed by atoms with Crippen LogP contribution in [0.2, 0.25) is 5.02 Å². The average Bonchev–Trinajstić information content (AvgIpc) is 2.83. The minimum Gasteiger partial charge on any atom is -0.362 e. The summed E-state index contributed by atoms with van der Waals surface area (Å²) in [5, 5.41) is 6.93. The number of nitrogens with one attached hydrogen (secondary N) is 2. The second-order valence-corrected chi connectivity index (χ2v) is 8.54. The highest BCUT2D eigenvalue weighted by Crippen LogP contribution is 2.33. The maximum Gasteiger partial charge on any atom is 0.255 e. The van der Waals surface area contributed by atoms with E-state index in [9.17, 15) is 14.4 Å². The van der Waals surface area contributed by atoms with Crippen LogP contribution in [0.5, 0.6) is 0 Å². The SMILES string of the molecule is CN1CCN(C(=O)CN2CC[C@@]3(CCC2=O)NC(=O)c2cc(Cl)ccc2N3)CC1. The van der Waals surface area contributed by atoms with Crippen molar-refractivity contribution in [3.63, 3.8) is 0 Å². The fourth-order valence-electron chi connectivity index (χ4n) is 4.18. The molecule has 2 saturated heterocycles. The number of likely N-dealkylation sites (tertiary alicyclic amines) is 1. The highest BCUT2D eigenvalue weighted by molar-refractivity contribution is 6.31. The number of nitrogens with zero attached hydrogens (tertiary/aromatic N) is 3. The van der Waals surface area contributed by atoms with Gasteiger partial charge in [-0.3, -0.25) is 14.4 Å². The van der Waals surface area contributed by atoms with Gasteiger partial charge < -0.3 is 25.3 Å². The Labute approximate surface area is 175 Å². The van der Waals surface area contributed by atoms with E-state index in [0.29, 0.717) is 48.7 Å². The van der Waals surface area contributed by atoms with Crippen molar-refractivity contribution in [3.8, 4) is 0 Å². The zero-order valence-corrected chi connectivity index (χ0v) is 17.3. The molecule has 9 heteroatoms. The predicted molar refractivity (Wildman–Crippen MR) is 110 cm³/mol. The zero-order valence-electron chi connectivity index (χ0n) is 16.5. The molecule has 8 nitrogen and oxygen atoms in total. The number of carbonyl (C=O) groups excluding carboxylic acids is 3. The number of hydrogen-bond donors (Lipinski definition) is 2. The molecule has 156 valence electrons. The van der Waals surface area contributed by atoms with E-state index in [-0.39, 0.29) is 30.7 Å². The zero-order chi connectivity index (χ0) is 20.6. The monoisotopic (exact) mass is 419 g/mol. The fourth-order valence-corrected chi connectivity index (χ4v) is 4.35. The molecule has 0 unspecified atom stereocenters. The van der Waals surface area contributed by atoms with Crippen molar-refractivity contribution in [2.75, 3.05) is 51.6 Å². The van der Waals surface area contributed by atoms with Crippen LogP contribution in [0.25, 0.3) is 0 Å². The first kappa shape index (κ1) is 20.0. The highest BCUT2D eigenvalue weighted by Gasteiger charge is 2.41. The highest BCUT2D eigenvalue weighted by atomic mass is 35.5. The fraction of sp³-hybridized carbons (Fsp3) is 0.550. The number of hydrogen-bond acceptors (Lipinski definition) is 5. The summed E-state index contributed by atoms with van der Waals surface area (Å²) in [6.45, 7) is 3.59. The summed E-state index contributed by atoms with van der Waals surface area (Å²) in [5.74, 6) is -0.263. The number of carbonyl (C=O) groups is 3. The van der Waals surface area contributed by atoms with Crippen LogP contribution in [0.3, 0.4) is 0 Å². The molecular weight excluding hydrogens is 394 g/mol. The molecule has 1 aromatic rings. The topological polar surface area (TPSA) is 85.0 Å². The summed E-state index contributed by atoms with van der Waals surface area (Å²) in [4.78, 5) is 43.6. The lowest BCUT2D eigenvalue weighted by Crippen LogP contribution is -2.58. The van der Waals surface area contributed by atoms with Crippen molar-refractivity contribution in [1.29, 1.82) is 0 Å². The Morgan fingerprint density at radius 2 is 1.86 bits per heavy atom. The smallest absolute Gasteiger partial charge is 0.255 e. The van der Waals surface area contributed by atoms with Gasteiger partial charge in [0.1, 0.15) is 5.66 Å². The van der Waals surface area contributed by atoms with Crippen LogP contribution in [0.4, 0.5) is 5.69 Å². The molecule has 2 N–H and O–H groups in total. The van der Waals surface area contributed by atoms with Gasteiger partial charge in [0.15, 0.2) is 0 Å². The van der Waals surface area contributed by atoms with Gasteiger partial charge >= 0.3 is 0 Å². The van der Waals surface area contributed by atoms with Crippen molar-refractivity contribution < 1.29 is 14.4 Å². The van der Waals surface area contributed by atoms with Crippen LogP contribution in [-0.4, -0.2) is 84.4 Å². The van der Waals surface area contributed by atoms with Crippen LogP contribution >= 0.6 is 11.6 Å². The van der Waals surface area contributed by atoms with Crippen molar-refractivity contribution >= 4 is 35.0 Å². The molecule has 3 heterocycles. The normalized spacial score (nSPS) is 25.3. The van der Waals surface area contributed by atoms with Gasteiger partial charge in [-0.25, -0.2) is 0 Å². The number of likely N-dealkylation sites (N-methyl/N-ethyl adjacent to an activating group) is 1. The number of rotatable bonds is 2. The van der Waals surface area contributed by atoms with Gasteiger partial charge in [0.25, 0.3) is 5.91 Å². The lowest BCUT2D eigenvalue weighted by molar-refractivity contribution is -0.141. The van der Waals surface area contributed by atoms with Gasteiger partial charge in [-0.2, -0.15) is 0 Å². The molecule has 3 amide bonds. The minimum absolute atomic E-state index is 0.0111. The Hall–Kier alpha value is -2.32. The number of fused-ring (bicyclic) bond motifs is 1. The van der Waals surface area contributed by atoms with E-state index >= 15 is 0 Å². The summed E-state index contributed by atoms with van der Waals surface area (Å²) in [5.41, 5.74) is 0.521. The van der Waals surface area contributed by atoms with Crippen molar-refractivity contribution in [2.24, 2.45) is 0 Å². The molecule has 3 aliphatic heterocycles. The van der Waals surface area contributed by atoms with E-state index in [1.807, 2.05) is 11.9 Å². The Morgan fingerprint density at radius 1 is 1.10 bits per heavy atom. The summed E-state index contributed by atoms with van der Waals surface area (Å²) in [6.07, 6.45) is 1.27. The standard InChI is InChI=1S/C20H26ClN5O3/c1-24-8-10-25(11-9-24)18(28)13-26-7-6-20(5-4-17(26)27)22-16-3-2-14(21)12-15(16)19(29)23-20/h2-3,12,22H,4-11,13H2,1H3,(H,23,29)/t20-/m1/s1. The number of halogens is 1. The van der Waals surface area contributed by atoms with E-state index in [1.165, 1.54) is 0 Å². The molecule has 0 radical (unpaired) electrons.